The summed E-state index contributed by atoms with van der Waals surface area (Å²) in [5.41, 5.74) is 3.73. The molecular weight excluding hydrogens is 389 g/mol. The Kier molecular flexibility index (Phi) is 5.57. The number of amides is 1. The maximum atomic E-state index is 13.0. The highest BCUT2D eigenvalue weighted by molar-refractivity contribution is 7.13. The van der Waals surface area contributed by atoms with E-state index in [-0.39, 0.29) is 18.1 Å². The SMILES string of the molecule is COc1ccc2[nH]cc(CCNC(=O)Cc3csc(-c4ccc(F)cc4)n3)c2c1. The van der Waals surface area contributed by atoms with Gasteiger partial charge in [0.25, 0.3) is 0 Å². The van der Waals surface area contributed by atoms with Gasteiger partial charge in [-0.25, -0.2) is 9.37 Å². The number of methoxy groups -OCH3 is 1. The maximum absolute atomic E-state index is 13.0. The first kappa shape index (κ1) is 19.1. The topological polar surface area (TPSA) is 67.0 Å². The van der Waals surface area contributed by atoms with Gasteiger partial charge in [-0.1, -0.05) is 0 Å². The zero-order chi connectivity index (χ0) is 20.2. The van der Waals surface area contributed by atoms with Crippen LogP contribution in [0, 0.1) is 5.82 Å². The van der Waals surface area contributed by atoms with Crippen molar-refractivity contribution in [1.29, 1.82) is 0 Å². The maximum Gasteiger partial charge on any atom is 0.226 e. The molecule has 0 unspecified atom stereocenters. The number of benzene rings is 2. The number of nitrogens with one attached hydrogen (secondary N) is 2. The molecule has 0 saturated heterocycles. The highest BCUT2D eigenvalue weighted by Gasteiger charge is 2.10. The average Bonchev–Trinajstić information content (AvgIpc) is 3.35. The quantitative estimate of drug-likeness (QED) is 0.477. The predicted molar refractivity (Wildman–Crippen MR) is 113 cm³/mol. The Balaban J connectivity index is 1.32. The van der Waals surface area contributed by atoms with Crippen molar-refractivity contribution in [2.75, 3.05) is 13.7 Å². The third-order valence-corrected chi connectivity index (χ3v) is 5.62. The zero-order valence-electron chi connectivity index (χ0n) is 15.9. The van der Waals surface area contributed by atoms with Crippen LogP contribution >= 0.6 is 11.3 Å². The number of hydrogen-bond acceptors (Lipinski definition) is 4. The molecule has 148 valence electrons. The van der Waals surface area contributed by atoms with E-state index in [0.717, 1.165) is 39.2 Å². The van der Waals surface area contributed by atoms with Gasteiger partial charge >= 0.3 is 0 Å². The smallest absolute Gasteiger partial charge is 0.226 e. The van der Waals surface area contributed by atoms with Crippen molar-refractivity contribution in [3.8, 4) is 16.3 Å². The van der Waals surface area contributed by atoms with E-state index in [1.54, 1.807) is 19.2 Å². The second-order valence-corrected chi connectivity index (χ2v) is 7.51. The zero-order valence-corrected chi connectivity index (χ0v) is 16.7. The molecule has 2 heterocycles. The molecule has 0 bridgehead atoms. The van der Waals surface area contributed by atoms with Crippen molar-refractivity contribution in [3.05, 3.63) is 71.1 Å². The van der Waals surface area contributed by atoms with Gasteiger partial charge in [0, 0.05) is 34.6 Å². The fourth-order valence-corrected chi connectivity index (χ4v) is 3.99. The van der Waals surface area contributed by atoms with E-state index < -0.39 is 0 Å². The molecule has 2 aromatic carbocycles. The number of thiazole rings is 1. The molecule has 0 spiro atoms. The molecule has 0 radical (unpaired) electrons. The minimum atomic E-state index is -0.279. The second kappa shape index (κ2) is 8.45. The first-order valence-electron chi connectivity index (χ1n) is 9.23. The number of fused-ring (bicyclic) bond motifs is 1. The summed E-state index contributed by atoms with van der Waals surface area (Å²) < 4.78 is 18.3. The van der Waals surface area contributed by atoms with Crippen LogP contribution in [0.5, 0.6) is 5.75 Å². The minimum Gasteiger partial charge on any atom is -0.497 e. The van der Waals surface area contributed by atoms with Gasteiger partial charge < -0.3 is 15.0 Å². The number of carbonyl (C=O) groups excluding carboxylic acids is 1. The Morgan fingerprint density at radius 2 is 2.07 bits per heavy atom. The molecule has 4 aromatic rings. The molecule has 1 amide bonds. The number of hydrogen-bond donors (Lipinski definition) is 2. The summed E-state index contributed by atoms with van der Waals surface area (Å²) in [6.07, 6.45) is 2.90. The molecule has 7 heteroatoms. The van der Waals surface area contributed by atoms with Crippen LogP contribution in [-0.2, 0) is 17.6 Å². The van der Waals surface area contributed by atoms with E-state index >= 15 is 0 Å². The van der Waals surface area contributed by atoms with Gasteiger partial charge in [0.1, 0.15) is 16.6 Å². The van der Waals surface area contributed by atoms with Gasteiger partial charge in [-0.3, -0.25) is 4.79 Å². The molecule has 0 fully saturated rings. The molecule has 29 heavy (non-hydrogen) atoms. The number of aromatic nitrogens is 2. The summed E-state index contributed by atoms with van der Waals surface area (Å²) in [7, 11) is 1.65. The van der Waals surface area contributed by atoms with Crippen molar-refractivity contribution < 1.29 is 13.9 Å². The highest BCUT2D eigenvalue weighted by Crippen LogP contribution is 2.25. The van der Waals surface area contributed by atoms with Crippen LogP contribution in [0.1, 0.15) is 11.3 Å². The van der Waals surface area contributed by atoms with Crippen LogP contribution in [0.3, 0.4) is 0 Å². The lowest BCUT2D eigenvalue weighted by Gasteiger charge is -2.04. The molecule has 0 atom stereocenters. The number of ether oxygens (including phenoxy) is 1. The first-order valence-corrected chi connectivity index (χ1v) is 10.1. The van der Waals surface area contributed by atoms with Gasteiger partial charge in [0.15, 0.2) is 0 Å². The summed E-state index contributed by atoms with van der Waals surface area (Å²) in [4.78, 5) is 20.0. The number of nitrogens with zero attached hydrogens (tertiary/aromatic N) is 1. The lowest BCUT2D eigenvalue weighted by atomic mass is 10.1. The van der Waals surface area contributed by atoms with Crippen LogP contribution in [0.15, 0.2) is 54.0 Å². The Labute approximate surface area is 171 Å². The summed E-state index contributed by atoms with van der Waals surface area (Å²) in [6.45, 7) is 0.540. The standard InChI is InChI=1S/C22H20FN3O2S/c1-28-18-6-7-20-19(11-18)15(12-25-20)8-9-24-21(27)10-17-13-29-22(26-17)14-2-4-16(23)5-3-14/h2-7,11-13,25H,8-10H2,1H3,(H,24,27). The van der Waals surface area contributed by atoms with Crippen LogP contribution in [0.25, 0.3) is 21.5 Å². The normalized spacial score (nSPS) is 11.0. The van der Waals surface area contributed by atoms with Crippen LogP contribution in [-0.4, -0.2) is 29.5 Å². The van der Waals surface area contributed by atoms with E-state index in [4.69, 9.17) is 4.74 Å². The molecule has 0 saturated carbocycles. The Morgan fingerprint density at radius 1 is 1.24 bits per heavy atom. The van der Waals surface area contributed by atoms with Crippen molar-refractivity contribution in [3.63, 3.8) is 0 Å². The van der Waals surface area contributed by atoms with E-state index in [1.165, 1.54) is 23.5 Å². The van der Waals surface area contributed by atoms with Crippen LogP contribution in [0.2, 0.25) is 0 Å². The number of halogens is 1. The van der Waals surface area contributed by atoms with Crippen LogP contribution in [0.4, 0.5) is 4.39 Å². The van der Waals surface area contributed by atoms with Crippen molar-refractivity contribution >= 4 is 28.1 Å². The molecule has 0 aliphatic heterocycles. The number of rotatable bonds is 7. The molecule has 5 nitrogen and oxygen atoms in total. The third-order valence-electron chi connectivity index (χ3n) is 4.68. The summed E-state index contributed by atoms with van der Waals surface area (Å²) >= 11 is 1.45. The van der Waals surface area contributed by atoms with Crippen molar-refractivity contribution in [1.82, 2.24) is 15.3 Å². The fourth-order valence-electron chi connectivity index (χ4n) is 3.17. The lowest BCUT2D eigenvalue weighted by molar-refractivity contribution is -0.120. The molecule has 0 aliphatic carbocycles. The molecule has 0 aliphatic rings. The van der Waals surface area contributed by atoms with Gasteiger partial charge in [-0.05, 0) is 54.4 Å². The van der Waals surface area contributed by atoms with E-state index in [2.05, 4.69) is 15.3 Å². The average molecular weight is 409 g/mol. The third kappa shape index (κ3) is 4.46. The Bertz CT molecular complexity index is 1130. The van der Waals surface area contributed by atoms with Crippen molar-refractivity contribution in [2.45, 2.75) is 12.8 Å². The number of aromatic amines is 1. The molecule has 4 rings (SSSR count). The van der Waals surface area contributed by atoms with E-state index in [9.17, 15) is 9.18 Å². The van der Waals surface area contributed by atoms with E-state index in [0.29, 0.717) is 12.2 Å². The summed E-state index contributed by atoms with van der Waals surface area (Å²) in [5.74, 6) is 0.458. The Hall–Kier alpha value is -3.19. The fraction of sp³-hybridized carbons (Fsp3) is 0.182. The van der Waals surface area contributed by atoms with Crippen molar-refractivity contribution in [2.24, 2.45) is 0 Å². The molecule has 2 aromatic heterocycles. The largest absolute Gasteiger partial charge is 0.497 e. The highest BCUT2D eigenvalue weighted by atomic mass is 32.1. The minimum absolute atomic E-state index is 0.0709. The second-order valence-electron chi connectivity index (χ2n) is 6.65. The van der Waals surface area contributed by atoms with Crippen LogP contribution < -0.4 is 10.1 Å². The monoisotopic (exact) mass is 409 g/mol. The number of carbonyl (C=O) groups is 1. The number of H-pyrrole nitrogens is 1. The molecular formula is C22H20FN3O2S. The Morgan fingerprint density at radius 3 is 2.86 bits per heavy atom. The summed E-state index contributed by atoms with van der Waals surface area (Å²) in [6, 6.07) is 12.1. The lowest BCUT2D eigenvalue weighted by Crippen LogP contribution is -2.27. The molecule has 2 N–H and O–H groups in total. The van der Waals surface area contributed by atoms with Gasteiger partial charge in [-0.15, -0.1) is 11.3 Å². The van der Waals surface area contributed by atoms with Gasteiger partial charge in [-0.2, -0.15) is 0 Å². The van der Waals surface area contributed by atoms with Gasteiger partial charge in [0.05, 0.1) is 19.2 Å². The van der Waals surface area contributed by atoms with E-state index in [1.807, 2.05) is 29.8 Å². The van der Waals surface area contributed by atoms with Gasteiger partial charge in [0.2, 0.25) is 5.91 Å². The first-order chi connectivity index (χ1) is 14.1. The predicted octanol–water partition coefficient (Wildman–Crippen LogP) is 4.34. The summed E-state index contributed by atoms with van der Waals surface area (Å²) in [5, 5.41) is 6.69.